The first kappa shape index (κ1) is 16.4. The zero-order valence-electron chi connectivity index (χ0n) is 12.7. The van der Waals surface area contributed by atoms with Gasteiger partial charge in [-0.25, -0.2) is 13.1 Å². The van der Waals surface area contributed by atoms with Crippen LogP contribution in [0, 0.1) is 6.92 Å². The van der Waals surface area contributed by atoms with Crippen molar-refractivity contribution in [3.8, 4) is 0 Å². The van der Waals surface area contributed by atoms with Crippen molar-refractivity contribution in [1.82, 2.24) is 10.0 Å². The summed E-state index contributed by atoms with van der Waals surface area (Å²) >= 11 is 0. The highest BCUT2D eigenvalue weighted by atomic mass is 32.2. The smallest absolute Gasteiger partial charge is 0.240 e. The summed E-state index contributed by atoms with van der Waals surface area (Å²) in [6.45, 7) is 3.68. The molecule has 0 amide bonds. The van der Waals surface area contributed by atoms with Crippen LogP contribution in [0.4, 0.5) is 0 Å². The third kappa shape index (κ3) is 4.51. The fourth-order valence-corrected chi connectivity index (χ4v) is 3.89. The molecule has 0 saturated carbocycles. The van der Waals surface area contributed by atoms with E-state index in [9.17, 15) is 8.42 Å². The van der Waals surface area contributed by atoms with E-state index in [2.05, 4.69) is 10.0 Å². The normalized spacial score (nSPS) is 19.0. The lowest BCUT2D eigenvalue weighted by molar-refractivity contribution is 0.105. The number of nitrogens with one attached hydrogen (secondary N) is 2. The standard InChI is InChI=1S/C15H24N2O3S/c1-12-5-6-13(11-16-2)10-15(12)21(18,19)17-8-7-14-4-3-9-20-14/h5-6,10,14,16-17H,3-4,7-9,11H2,1-2H3. The number of aryl methyl sites for hydroxylation is 1. The molecule has 1 fully saturated rings. The van der Waals surface area contributed by atoms with Crippen molar-refractivity contribution in [2.75, 3.05) is 20.2 Å². The number of ether oxygens (including phenoxy) is 1. The number of sulfonamides is 1. The van der Waals surface area contributed by atoms with Crippen molar-refractivity contribution in [1.29, 1.82) is 0 Å². The summed E-state index contributed by atoms with van der Waals surface area (Å²) in [4.78, 5) is 0.364. The molecule has 21 heavy (non-hydrogen) atoms. The molecule has 2 N–H and O–H groups in total. The molecule has 2 rings (SSSR count). The van der Waals surface area contributed by atoms with Gasteiger partial charge in [0.05, 0.1) is 11.0 Å². The lowest BCUT2D eigenvalue weighted by atomic mass is 10.1. The molecule has 5 nitrogen and oxygen atoms in total. The molecule has 1 atom stereocenters. The molecule has 1 aromatic rings. The van der Waals surface area contributed by atoms with E-state index in [0.717, 1.165) is 37.0 Å². The third-order valence-electron chi connectivity index (χ3n) is 3.71. The Bertz CT molecular complexity index is 566. The van der Waals surface area contributed by atoms with E-state index >= 15 is 0 Å². The molecule has 0 radical (unpaired) electrons. The quantitative estimate of drug-likeness (QED) is 0.802. The van der Waals surface area contributed by atoms with E-state index in [4.69, 9.17) is 4.74 Å². The fraction of sp³-hybridized carbons (Fsp3) is 0.600. The molecular weight excluding hydrogens is 288 g/mol. The van der Waals surface area contributed by atoms with Gasteiger partial charge in [0.1, 0.15) is 0 Å². The van der Waals surface area contributed by atoms with Crippen molar-refractivity contribution in [3.05, 3.63) is 29.3 Å². The Balaban J connectivity index is 2.02. The van der Waals surface area contributed by atoms with E-state index in [-0.39, 0.29) is 6.10 Å². The van der Waals surface area contributed by atoms with Crippen LogP contribution in [-0.4, -0.2) is 34.7 Å². The first-order valence-electron chi connectivity index (χ1n) is 7.38. The Labute approximate surface area is 127 Å². The fourth-order valence-electron chi connectivity index (χ4n) is 2.55. The Morgan fingerprint density at radius 2 is 2.19 bits per heavy atom. The summed E-state index contributed by atoms with van der Waals surface area (Å²) in [7, 11) is -1.62. The molecule has 1 heterocycles. The SMILES string of the molecule is CNCc1ccc(C)c(S(=O)(=O)NCCC2CCCO2)c1. The van der Waals surface area contributed by atoms with Gasteiger partial charge < -0.3 is 10.1 Å². The molecule has 0 bridgehead atoms. The van der Waals surface area contributed by atoms with E-state index in [1.54, 1.807) is 6.07 Å². The van der Waals surface area contributed by atoms with Crippen molar-refractivity contribution in [3.63, 3.8) is 0 Å². The topological polar surface area (TPSA) is 67.4 Å². The van der Waals surface area contributed by atoms with E-state index in [0.29, 0.717) is 18.0 Å². The second-order valence-corrected chi connectivity index (χ2v) is 7.19. The maximum atomic E-state index is 12.4. The first-order chi connectivity index (χ1) is 10.0. The lowest BCUT2D eigenvalue weighted by Gasteiger charge is -2.13. The Hall–Kier alpha value is -0.950. The number of rotatable bonds is 7. The second kappa shape index (κ2) is 7.35. The highest BCUT2D eigenvalue weighted by molar-refractivity contribution is 7.89. The van der Waals surface area contributed by atoms with Crippen LogP contribution < -0.4 is 10.0 Å². The lowest BCUT2D eigenvalue weighted by Crippen LogP contribution is -2.28. The van der Waals surface area contributed by atoms with Crippen molar-refractivity contribution in [2.24, 2.45) is 0 Å². The number of benzene rings is 1. The number of hydrogen-bond acceptors (Lipinski definition) is 4. The van der Waals surface area contributed by atoms with Crippen LogP contribution in [-0.2, 0) is 21.3 Å². The zero-order chi connectivity index (χ0) is 15.3. The Morgan fingerprint density at radius 1 is 1.38 bits per heavy atom. The first-order valence-corrected chi connectivity index (χ1v) is 8.86. The van der Waals surface area contributed by atoms with E-state index in [1.165, 1.54) is 0 Å². The summed E-state index contributed by atoms with van der Waals surface area (Å²) in [6, 6.07) is 5.53. The van der Waals surface area contributed by atoms with Gasteiger partial charge in [0, 0.05) is 19.7 Å². The van der Waals surface area contributed by atoms with Crippen LogP contribution in [0.1, 0.15) is 30.4 Å². The van der Waals surface area contributed by atoms with Crippen LogP contribution in [0.5, 0.6) is 0 Å². The van der Waals surface area contributed by atoms with Crippen molar-refractivity contribution in [2.45, 2.75) is 43.7 Å². The molecular formula is C15H24N2O3S. The summed E-state index contributed by atoms with van der Waals surface area (Å²) in [6.07, 6.45) is 3.03. The van der Waals surface area contributed by atoms with Gasteiger partial charge in [0.15, 0.2) is 0 Å². The predicted octanol–water partition coefficient (Wildman–Crippen LogP) is 1.56. The minimum atomic E-state index is -3.46. The summed E-state index contributed by atoms with van der Waals surface area (Å²) in [5, 5.41) is 3.03. The molecule has 6 heteroatoms. The molecule has 0 aromatic heterocycles. The maximum Gasteiger partial charge on any atom is 0.240 e. The summed E-state index contributed by atoms with van der Waals surface area (Å²) < 4.78 is 33.0. The van der Waals surface area contributed by atoms with Gasteiger partial charge in [0.2, 0.25) is 10.0 Å². The molecule has 1 aliphatic heterocycles. The third-order valence-corrected chi connectivity index (χ3v) is 5.31. The summed E-state index contributed by atoms with van der Waals surface area (Å²) in [5.41, 5.74) is 1.72. The zero-order valence-corrected chi connectivity index (χ0v) is 13.5. The van der Waals surface area contributed by atoms with Gasteiger partial charge in [-0.15, -0.1) is 0 Å². The molecule has 0 spiro atoms. The van der Waals surface area contributed by atoms with Gasteiger partial charge >= 0.3 is 0 Å². The molecule has 1 unspecified atom stereocenters. The second-order valence-electron chi connectivity index (χ2n) is 5.45. The predicted molar refractivity (Wildman–Crippen MR) is 82.7 cm³/mol. The molecule has 1 aliphatic rings. The highest BCUT2D eigenvalue weighted by Crippen LogP contribution is 2.18. The summed E-state index contributed by atoms with van der Waals surface area (Å²) in [5.74, 6) is 0. The van der Waals surface area contributed by atoms with Gasteiger partial charge in [-0.1, -0.05) is 12.1 Å². The maximum absolute atomic E-state index is 12.4. The van der Waals surface area contributed by atoms with Crippen LogP contribution in [0.25, 0.3) is 0 Å². The minimum absolute atomic E-state index is 0.199. The van der Waals surface area contributed by atoms with Crippen molar-refractivity contribution >= 4 is 10.0 Å². The monoisotopic (exact) mass is 312 g/mol. The van der Waals surface area contributed by atoms with Crippen LogP contribution in [0.2, 0.25) is 0 Å². The van der Waals surface area contributed by atoms with Gasteiger partial charge in [-0.3, -0.25) is 0 Å². The average Bonchev–Trinajstić information content (AvgIpc) is 2.94. The average molecular weight is 312 g/mol. The number of hydrogen-bond donors (Lipinski definition) is 2. The minimum Gasteiger partial charge on any atom is -0.378 e. The van der Waals surface area contributed by atoms with Gasteiger partial charge in [-0.2, -0.15) is 0 Å². The van der Waals surface area contributed by atoms with Crippen LogP contribution in [0.15, 0.2) is 23.1 Å². The molecule has 1 aromatic carbocycles. The van der Waals surface area contributed by atoms with Gasteiger partial charge in [0.25, 0.3) is 0 Å². The Kier molecular flexibility index (Phi) is 5.75. The highest BCUT2D eigenvalue weighted by Gasteiger charge is 2.19. The molecule has 1 saturated heterocycles. The largest absolute Gasteiger partial charge is 0.378 e. The van der Waals surface area contributed by atoms with E-state index in [1.807, 2.05) is 26.1 Å². The van der Waals surface area contributed by atoms with Crippen molar-refractivity contribution < 1.29 is 13.2 Å². The molecule has 118 valence electrons. The van der Waals surface area contributed by atoms with Crippen LogP contribution in [0.3, 0.4) is 0 Å². The molecule has 0 aliphatic carbocycles. The van der Waals surface area contributed by atoms with Gasteiger partial charge in [-0.05, 0) is 50.4 Å². The van der Waals surface area contributed by atoms with E-state index < -0.39 is 10.0 Å². The Morgan fingerprint density at radius 3 is 2.86 bits per heavy atom. The van der Waals surface area contributed by atoms with Crippen LogP contribution >= 0.6 is 0 Å².